The third-order valence-corrected chi connectivity index (χ3v) is 6.73. The van der Waals surface area contributed by atoms with E-state index in [0.29, 0.717) is 5.65 Å². The standard InChI is InChI=1S/C21H17N3S.C7H7N5O/c1-3-16-11-19-21(23-20(16)17-7-5-4-6-8-17)18(14-25-19)10-9-15-12-22-24(2)13-15;8-5-4(6(9)13)7-10-1-2-12(7)3-11-5/h4-8,11-14H,3H2,1-2H3;1-3H,8H2,(H2,9,13). The molecule has 6 rings (SSSR count). The van der Waals surface area contributed by atoms with Crippen LogP contribution in [0.5, 0.6) is 0 Å². The number of hydrogen-bond acceptors (Lipinski definition) is 7. The maximum atomic E-state index is 11.0. The number of fused-ring (bicyclic) bond motifs is 2. The van der Waals surface area contributed by atoms with E-state index in [9.17, 15) is 4.79 Å². The third kappa shape index (κ3) is 4.96. The van der Waals surface area contributed by atoms with E-state index in [1.807, 2.05) is 19.3 Å². The summed E-state index contributed by atoms with van der Waals surface area (Å²) in [5, 5.41) is 6.25. The lowest BCUT2D eigenvalue weighted by molar-refractivity contribution is 0.100. The summed E-state index contributed by atoms with van der Waals surface area (Å²) in [6.07, 6.45) is 9.34. The number of primary amides is 1. The lowest BCUT2D eigenvalue weighted by atomic mass is 10.0. The molecule has 0 fully saturated rings. The van der Waals surface area contributed by atoms with Crippen molar-refractivity contribution in [2.24, 2.45) is 12.8 Å². The molecule has 0 aliphatic rings. The average Bonchev–Trinajstić information content (AvgIpc) is 3.66. The monoisotopic (exact) mass is 520 g/mol. The van der Waals surface area contributed by atoms with Gasteiger partial charge in [0, 0.05) is 36.6 Å². The molecule has 1 aromatic carbocycles. The summed E-state index contributed by atoms with van der Waals surface area (Å²) >= 11 is 1.70. The fraction of sp³-hybridized carbons (Fsp3) is 0.107. The minimum atomic E-state index is -0.623. The Morgan fingerprint density at radius 3 is 2.68 bits per heavy atom. The molecule has 9 nitrogen and oxygen atoms in total. The number of amides is 1. The lowest BCUT2D eigenvalue weighted by Crippen LogP contribution is -2.16. The van der Waals surface area contributed by atoms with Crippen LogP contribution in [0.25, 0.3) is 27.1 Å². The number of nitrogens with zero attached hydrogens (tertiary/aromatic N) is 6. The smallest absolute Gasteiger partial charge is 0.256 e. The molecule has 188 valence electrons. The van der Waals surface area contributed by atoms with Crippen molar-refractivity contribution in [2.75, 3.05) is 5.73 Å². The maximum absolute atomic E-state index is 11.0. The number of nitrogens with two attached hydrogens (primary N) is 2. The summed E-state index contributed by atoms with van der Waals surface area (Å²) < 4.78 is 4.53. The molecule has 6 aromatic rings. The van der Waals surface area contributed by atoms with Crippen LogP contribution in [-0.2, 0) is 13.5 Å². The van der Waals surface area contributed by atoms with Crippen LogP contribution in [0.3, 0.4) is 0 Å². The number of rotatable bonds is 3. The lowest BCUT2D eigenvalue weighted by Gasteiger charge is -2.07. The Bertz CT molecular complexity index is 1820. The van der Waals surface area contributed by atoms with Gasteiger partial charge < -0.3 is 11.5 Å². The molecule has 4 N–H and O–H groups in total. The molecule has 1 amide bonds. The first-order chi connectivity index (χ1) is 18.4. The van der Waals surface area contributed by atoms with Gasteiger partial charge in [0.1, 0.15) is 17.7 Å². The highest BCUT2D eigenvalue weighted by Crippen LogP contribution is 2.31. The topological polar surface area (TPSA) is 130 Å². The highest BCUT2D eigenvalue weighted by atomic mass is 32.1. The van der Waals surface area contributed by atoms with Crippen molar-refractivity contribution in [1.29, 1.82) is 0 Å². The summed E-state index contributed by atoms with van der Waals surface area (Å²) in [5.41, 5.74) is 17.5. The van der Waals surface area contributed by atoms with Crippen molar-refractivity contribution < 1.29 is 4.79 Å². The van der Waals surface area contributed by atoms with E-state index in [2.05, 4.69) is 69.5 Å². The molecule has 0 saturated carbocycles. The molecule has 0 atom stereocenters. The maximum Gasteiger partial charge on any atom is 0.256 e. The quantitative estimate of drug-likeness (QED) is 0.338. The van der Waals surface area contributed by atoms with E-state index < -0.39 is 5.91 Å². The van der Waals surface area contributed by atoms with Crippen LogP contribution in [0.4, 0.5) is 5.82 Å². The van der Waals surface area contributed by atoms with Crippen molar-refractivity contribution >= 4 is 38.9 Å². The van der Waals surface area contributed by atoms with Crippen LogP contribution in [-0.4, -0.2) is 35.0 Å². The van der Waals surface area contributed by atoms with E-state index in [1.165, 1.54) is 16.6 Å². The van der Waals surface area contributed by atoms with Gasteiger partial charge in [0.15, 0.2) is 5.65 Å². The number of aryl methyl sites for hydroxylation is 2. The molecule has 0 bridgehead atoms. The van der Waals surface area contributed by atoms with Gasteiger partial charge in [-0.1, -0.05) is 49.1 Å². The summed E-state index contributed by atoms with van der Waals surface area (Å²) in [4.78, 5) is 23.7. The van der Waals surface area contributed by atoms with E-state index in [4.69, 9.17) is 16.5 Å². The number of carbonyl (C=O) groups excluding carboxylic acids is 1. The fourth-order valence-electron chi connectivity index (χ4n) is 3.96. The van der Waals surface area contributed by atoms with E-state index in [-0.39, 0.29) is 11.4 Å². The highest BCUT2D eigenvalue weighted by molar-refractivity contribution is 7.17. The minimum Gasteiger partial charge on any atom is -0.383 e. The molecular weight excluding hydrogens is 496 g/mol. The van der Waals surface area contributed by atoms with Crippen molar-refractivity contribution in [2.45, 2.75) is 13.3 Å². The normalized spacial score (nSPS) is 10.6. The Hall–Kier alpha value is -5.01. The van der Waals surface area contributed by atoms with Crippen LogP contribution in [0.15, 0.2) is 72.9 Å². The van der Waals surface area contributed by atoms with Gasteiger partial charge in [0.2, 0.25) is 0 Å². The Kier molecular flexibility index (Phi) is 6.84. The SMILES string of the molecule is CCc1cc2scc(C#Cc3cnn(C)c3)c2nc1-c1ccccc1.NC(=O)c1c(N)ncn2ccnc12. The predicted molar refractivity (Wildman–Crippen MR) is 150 cm³/mol. The van der Waals surface area contributed by atoms with Crippen LogP contribution in [0.2, 0.25) is 0 Å². The molecule has 10 heteroatoms. The Morgan fingerprint density at radius 2 is 1.97 bits per heavy atom. The summed E-state index contributed by atoms with van der Waals surface area (Å²) in [6.45, 7) is 2.17. The van der Waals surface area contributed by atoms with Crippen molar-refractivity contribution in [3.05, 3.63) is 95.1 Å². The minimum absolute atomic E-state index is 0.103. The number of imidazole rings is 1. The van der Waals surface area contributed by atoms with Crippen molar-refractivity contribution in [1.82, 2.24) is 29.1 Å². The number of carbonyl (C=O) groups is 1. The highest BCUT2D eigenvalue weighted by Gasteiger charge is 2.13. The molecule has 0 unspecified atom stereocenters. The second kappa shape index (κ2) is 10.5. The summed E-state index contributed by atoms with van der Waals surface area (Å²) in [7, 11) is 1.89. The number of pyridine rings is 1. The van der Waals surface area contributed by atoms with E-state index in [0.717, 1.165) is 34.3 Å². The van der Waals surface area contributed by atoms with Gasteiger partial charge in [-0.05, 0) is 18.1 Å². The van der Waals surface area contributed by atoms with Gasteiger partial charge in [-0.2, -0.15) is 5.10 Å². The average molecular weight is 521 g/mol. The third-order valence-electron chi connectivity index (χ3n) is 5.82. The Labute approximate surface area is 222 Å². The zero-order valence-electron chi connectivity index (χ0n) is 20.8. The van der Waals surface area contributed by atoms with Gasteiger partial charge >= 0.3 is 0 Å². The Balaban J connectivity index is 0.000000190. The van der Waals surface area contributed by atoms with Crippen LogP contribution < -0.4 is 11.5 Å². The van der Waals surface area contributed by atoms with Gasteiger partial charge in [-0.15, -0.1) is 11.3 Å². The van der Waals surface area contributed by atoms with E-state index >= 15 is 0 Å². The molecular formula is C28H24N8OS. The number of thiophene rings is 1. The molecule has 0 spiro atoms. The van der Waals surface area contributed by atoms with Crippen LogP contribution in [0.1, 0.15) is 34.0 Å². The first kappa shape index (κ1) is 24.7. The second-order valence-electron chi connectivity index (χ2n) is 8.39. The molecule has 0 radical (unpaired) electrons. The summed E-state index contributed by atoms with van der Waals surface area (Å²) in [5.74, 6) is 5.92. The first-order valence-electron chi connectivity index (χ1n) is 11.8. The van der Waals surface area contributed by atoms with Gasteiger partial charge in [0.05, 0.1) is 33.2 Å². The van der Waals surface area contributed by atoms with Gasteiger partial charge in [-0.3, -0.25) is 13.9 Å². The molecule has 0 aliphatic heterocycles. The van der Waals surface area contributed by atoms with Crippen LogP contribution >= 0.6 is 11.3 Å². The Morgan fingerprint density at radius 1 is 1.16 bits per heavy atom. The van der Waals surface area contributed by atoms with Crippen LogP contribution in [0, 0.1) is 11.8 Å². The molecule has 5 heterocycles. The second-order valence-corrected chi connectivity index (χ2v) is 9.30. The number of benzene rings is 1. The van der Waals surface area contributed by atoms with Crippen molar-refractivity contribution in [3.8, 4) is 23.1 Å². The molecule has 0 aliphatic carbocycles. The zero-order valence-corrected chi connectivity index (χ0v) is 21.6. The predicted octanol–water partition coefficient (Wildman–Crippen LogP) is 4.07. The zero-order chi connectivity index (χ0) is 26.6. The summed E-state index contributed by atoms with van der Waals surface area (Å²) in [6, 6.07) is 12.6. The molecule has 38 heavy (non-hydrogen) atoms. The van der Waals surface area contributed by atoms with E-state index in [1.54, 1.807) is 39.0 Å². The van der Waals surface area contributed by atoms with Gasteiger partial charge in [0.25, 0.3) is 5.91 Å². The van der Waals surface area contributed by atoms with Crippen molar-refractivity contribution in [3.63, 3.8) is 0 Å². The molecule has 5 aromatic heterocycles. The fourth-order valence-corrected chi connectivity index (χ4v) is 4.86. The first-order valence-corrected chi connectivity index (χ1v) is 12.7. The number of hydrogen-bond donors (Lipinski definition) is 2. The number of aromatic nitrogens is 6. The largest absolute Gasteiger partial charge is 0.383 e. The number of nitrogen functional groups attached to an aromatic ring is 1. The van der Waals surface area contributed by atoms with Gasteiger partial charge in [-0.25, -0.2) is 15.0 Å². The number of anilines is 1. The molecule has 0 saturated heterocycles.